The topological polar surface area (TPSA) is 140 Å². The molecule has 0 saturated carbocycles. The maximum atomic E-state index is 12.4. The zero-order valence-electron chi connectivity index (χ0n) is 34.2. The third-order valence-electron chi connectivity index (χ3n) is 8.49. The number of carbonyl (C=O) groups is 2. The molecule has 1 unspecified atom stereocenters. The number of esters is 2. The van der Waals surface area contributed by atoms with Crippen molar-refractivity contribution in [3.05, 3.63) is 85.1 Å². The van der Waals surface area contributed by atoms with Crippen molar-refractivity contribution in [3.63, 3.8) is 0 Å². The minimum Gasteiger partial charge on any atom is -0.462 e. The molecule has 0 aromatic carbocycles. The number of ether oxygens (including phenoxy) is 2. The van der Waals surface area contributed by atoms with Crippen LogP contribution in [0.5, 0.6) is 0 Å². The van der Waals surface area contributed by atoms with Gasteiger partial charge < -0.3 is 24.4 Å². The number of rotatable bonds is 37. The molecule has 0 aromatic rings. The first kappa shape index (κ1) is 52.2. The number of allylic oxidation sites excluding steroid dienone is 13. The molecule has 3 N–H and O–H groups in total. The first-order valence-electron chi connectivity index (χ1n) is 21.0. The summed E-state index contributed by atoms with van der Waals surface area (Å²) in [5, 5.41) is 10.2. The summed E-state index contributed by atoms with van der Waals surface area (Å²) < 4.78 is 26.2. The Bertz CT molecular complexity index is 1180. The lowest BCUT2D eigenvalue weighted by Crippen LogP contribution is -2.29. The molecule has 0 radical (unpaired) electrons. The van der Waals surface area contributed by atoms with E-state index < -0.39 is 45.2 Å². The lowest BCUT2D eigenvalue weighted by Gasteiger charge is -2.18. The number of aliphatic hydroxyl groups is 1. The van der Waals surface area contributed by atoms with E-state index in [1.54, 1.807) is 12.2 Å². The molecule has 0 aliphatic carbocycles. The van der Waals surface area contributed by atoms with Gasteiger partial charge in [-0.2, -0.15) is 0 Å². The van der Waals surface area contributed by atoms with Gasteiger partial charge in [0, 0.05) is 12.8 Å². The van der Waals surface area contributed by atoms with Crippen LogP contribution in [0.25, 0.3) is 0 Å². The first-order valence-corrected chi connectivity index (χ1v) is 22.5. The third kappa shape index (κ3) is 42.2. The van der Waals surface area contributed by atoms with Crippen molar-refractivity contribution in [2.75, 3.05) is 13.2 Å². The summed E-state index contributed by atoms with van der Waals surface area (Å²) in [5.41, 5.74) is 0. The van der Waals surface area contributed by atoms with E-state index in [1.165, 1.54) is 64.2 Å². The van der Waals surface area contributed by atoms with Crippen LogP contribution in [0.15, 0.2) is 85.1 Å². The van der Waals surface area contributed by atoms with E-state index in [-0.39, 0.29) is 12.8 Å². The molecule has 10 heteroatoms. The van der Waals surface area contributed by atoms with Gasteiger partial charge in [0.15, 0.2) is 6.10 Å². The van der Waals surface area contributed by atoms with Crippen LogP contribution in [0.3, 0.4) is 0 Å². The van der Waals surface area contributed by atoms with E-state index in [9.17, 15) is 19.3 Å². The van der Waals surface area contributed by atoms with Crippen molar-refractivity contribution in [1.82, 2.24) is 0 Å². The molecule has 0 spiro atoms. The number of phosphoric ester groups is 1. The number of hydrogen-bond acceptors (Lipinski definition) is 7. The number of carbonyl (C=O) groups excluding carboxylic acids is 2. The van der Waals surface area contributed by atoms with Gasteiger partial charge in [0.25, 0.3) is 0 Å². The lowest BCUT2D eigenvalue weighted by atomic mass is 10.1. The van der Waals surface area contributed by atoms with Crippen molar-refractivity contribution in [3.8, 4) is 0 Å². The second-order valence-corrected chi connectivity index (χ2v) is 15.0. The minimum absolute atomic E-state index is 0.0313. The molecule has 0 saturated heterocycles. The van der Waals surface area contributed by atoms with Gasteiger partial charge in [-0.1, -0.05) is 150 Å². The van der Waals surface area contributed by atoms with Crippen molar-refractivity contribution in [1.29, 1.82) is 0 Å². The summed E-state index contributed by atoms with van der Waals surface area (Å²) in [6.45, 7) is 3.45. The van der Waals surface area contributed by atoms with Crippen LogP contribution in [-0.4, -0.2) is 52.3 Å². The molecular weight excluding hydrogens is 715 g/mol. The Morgan fingerprint density at radius 1 is 0.564 bits per heavy atom. The fourth-order valence-corrected chi connectivity index (χ4v) is 5.67. The van der Waals surface area contributed by atoms with Crippen LogP contribution in [0, 0.1) is 0 Å². The molecule has 0 fully saturated rings. The molecule has 314 valence electrons. The predicted molar refractivity (Wildman–Crippen MR) is 226 cm³/mol. The number of unbranched alkanes of at least 4 members (excludes halogenated alkanes) is 12. The van der Waals surface area contributed by atoms with Crippen LogP contribution in [-0.2, 0) is 28.2 Å². The SMILES string of the molecule is CCCCC/C=C\C/C=C\C/C=C\C/C=C\CCCCCC(=O)O[C@H](COC(=O)CCCC(O)/C=C/C=C/C/C=C/CCCCCCCC)COP(=O)(O)O. The highest BCUT2D eigenvalue weighted by Gasteiger charge is 2.23. The molecule has 55 heavy (non-hydrogen) atoms. The van der Waals surface area contributed by atoms with E-state index in [1.807, 2.05) is 12.2 Å². The predicted octanol–water partition coefficient (Wildman–Crippen LogP) is 11.8. The Morgan fingerprint density at radius 2 is 1.04 bits per heavy atom. The van der Waals surface area contributed by atoms with Gasteiger partial charge in [-0.25, -0.2) is 4.57 Å². The van der Waals surface area contributed by atoms with Gasteiger partial charge in [-0.05, 0) is 83.5 Å². The largest absolute Gasteiger partial charge is 0.469 e. The molecule has 9 nitrogen and oxygen atoms in total. The van der Waals surface area contributed by atoms with Crippen LogP contribution in [0.1, 0.15) is 162 Å². The summed E-state index contributed by atoms with van der Waals surface area (Å²) in [4.78, 5) is 42.8. The maximum Gasteiger partial charge on any atom is 0.469 e. The van der Waals surface area contributed by atoms with Crippen molar-refractivity contribution in [2.45, 2.75) is 174 Å². The van der Waals surface area contributed by atoms with E-state index in [4.69, 9.17) is 19.3 Å². The quantitative estimate of drug-likeness (QED) is 0.0184. The average molecular weight is 791 g/mol. The summed E-state index contributed by atoms with van der Waals surface area (Å²) in [5.74, 6) is -1.13. The maximum absolute atomic E-state index is 12.4. The smallest absolute Gasteiger partial charge is 0.462 e. The molecule has 0 heterocycles. The van der Waals surface area contributed by atoms with Crippen molar-refractivity contribution < 1.29 is 43.0 Å². The molecule has 0 rings (SSSR count). The van der Waals surface area contributed by atoms with Crippen LogP contribution >= 0.6 is 7.82 Å². The number of phosphoric acid groups is 1. The van der Waals surface area contributed by atoms with Gasteiger partial charge >= 0.3 is 19.8 Å². The summed E-state index contributed by atoms with van der Waals surface area (Å²) in [6, 6.07) is 0. The van der Waals surface area contributed by atoms with Crippen LogP contribution < -0.4 is 0 Å². The Balaban J connectivity index is 4.19. The van der Waals surface area contributed by atoms with Crippen LogP contribution in [0.2, 0.25) is 0 Å². The van der Waals surface area contributed by atoms with Gasteiger partial charge in [0.05, 0.1) is 12.7 Å². The van der Waals surface area contributed by atoms with Gasteiger partial charge in [0.2, 0.25) is 0 Å². The molecule has 0 aliphatic rings. The Hall–Kier alpha value is -2.81. The lowest BCUT2D eigenvalue weighted by molar-refractivity contribution is -0.161. The highest BCUT2D eigenvalue weighted by atomic mass is 31.2. The van der Waals surface area contributed by atoms with E-state index in [0.717, 1.165) is 51.4 Å². The fourth-order valence-electron chi connectivity index (χ4n) is 5.30. The van der Waals surface area contributed by atoms with Crippen molar-refractivity contribution >= 4 is 19.8 Å². The average Bonchev–Trinajstić information content (AvgIpc) is 3.15. The van der Waals surface area contributed by atoms with Crippen LogP contribution in [0.4, 0.5) is 0 Å². The van der Waals surface area contributed by atoms with E-state index in [0.29, 0.717) is 19.3 Å². The Morgan fingerprint density at radius 3 is 1.62 bits per heavy atom. The van der Waals surface area contributed by atoms with E-state index in [2.05, 4.69) is 79.1 Å². The summed E-state index contributed by atoms with van der Waals surface area (Å²) in [6.07, 6.45) is 49.0. The Kier molecular flexibility index (Phi) is 37.4. The van der Waals surface area contributed by atoms with Gasteiger partial charge in [0.1, 0.15) is 6.61 Å². The second-order valence-electron chi connectivity index (χ2n) is 13.8. The monoisotopic (exact) mass is 791 g/mol. The summed E-state index contributed by atoms with van der Waals surface area (Å²) >= 11 is 0. The molecule has 0 aromatic heterocycles. The van der Waals surface area contributed by atoms with Crippen molar-refractivity contribution in [2.24, 2.45) is 0 Å². The van der Waals surface area contributed by atoms with Gasteiger partial charge in [-0.3, -0.25) is 14.1 Å². The van der Waals surface area contributed by atoms with E-state index >= 15 is 0 Å². The zero-order chi connectivity index (χ0) is 40.5. The molecule has 0 aliphatic heterocycles. The zero-order valence-corrected chi connectivity index (χ0v) is 35.0. The van der Waals surface area contributed by atoms with Gasteiger partial charge in [-0.15, -0.1) is 0 Å². The highest BCUT2D eigenvalue weighted by molar-refractivity contribution is 7.46. The number of aliphatic hydroxyl groups excluding tert-OH is 1. The second kappa shape index (κ2) is 39.4. The fraction of sp³-hybridized carbons (Fsp3) is 0.644. The molecular formula is C45H75O9P. The molecule has 2 atom stereocenters. The minimum atomic E-state index is -4.81. The number of hydrogen-bond donors (Lipinski definition) is 3. The summed E-state index contributed by atoms with van der Waals surface area (Å²) in [7, 11) is -4.81. The highest BCUT2D eigenvalue weighted by Crippen LogP contribution is 2.36. The molecule has 0 bridgehead atoms. The standard InChI is InChI=1S/C45H75O9P/c1-3-5-7-9-11-13-15-17-18-19-20-21-22-24-26-28-30-32-34-38-45(48)54-43(41-53-55(49,50)51)40-52-44(47)39-35-37-42(46)36-33-31-29-27-25-23-16-14-12-10-8-6-4-2/h11,13,17-18,20-21,23-26,29,31,33,36,42-43,46H,3-10,12,14-16,19,22,27-28,30,32,34-35,37-41H2,1-2H3,(H2,49,50,51)/b13-11-,18-17-,21-20-,25-23+,26-24-,31-29+,36-33+/t42?,43-/m1/s1. The Labute approximate surface area is 334 Å². The normalized spacial score (nSPS) is 13.9. The third-order valence-corrected chi connectivity index (χ3v) is 8.98. The first-order chi connectivity index (χ1) is 26.7. The molecule has 0 amide bonds.